The fourth-order valence-corrected chi connectivity index (χ4v) is 3.01. The quantitative estimate of drug-likeness (QED) is 0.872. The molecule has 0 saturated heterocycles. The highest BCUT2D eigenvalue weighted by molar-refractivity contribution is 5.77. The SMILES string of the molecule is NC(=O)[C@@H]1CCCC[C@H]1NCc1nc(-c2ccc(F)c(F)c2)no1. The summed E-state index contributed by atoms with van der Waals surface area (Å²) in [4.78, 5) is 15.6. The van der Waals surface area contributed by atoms with E-state index in [4.69, 9.17) is 10.3 Å². The molecule has 8 heteroatoms. The third kappa shape index (κ3) is 3.59. The van der Waals surface area contributed by atoms with E-state index in [-0.39, 0.29) is 30.2 Å². The maximum absolute atomic E-state index is 13.3. The Morgan fingerprint density at radius 1 is 1.29 bits per heavy atom. The summed E-state index contributed by atoms with van der Waals surface area (Å²) in [5.41, 5.74) is 5.77. The van der Waals surface area contributed by atoms with Crippen molar-refractivity contribution in [1.29, 1.82) is 0 Å². The van der Waals surface area contributed by atoms with Gasteiger partial charge in [0.1, 0.15) is 0 Å². The van der Waals surface area contributed by atoms with Crippen molar-refractivity contribution in [2.75, 3.05) is 0 Å². The fourth-order valence-electron chi connectivity index (χ4n) is 3.01. The van der Waals surface area contributed by atoms with Crippen LogP contribution in [0.25, 0.3) is 11.4 Å². The Morgan fingerprint density at radius 2 is 2.08 bits per heavy atom. The molecule has 3 N–H and O–H groups in total. The summed E-state index contributed by atoms with van der Waals surface area (Å²) in [5.74, 6) is -1.92. The van der Waals surface area contributed by atoms with Crippen LogP contribution in [0.3, 0.4) is 0 Å². The molecule has 2 atom stereocenters. The Bertz CT molecular complexity index is 735. The molecule has 1 heterocycles. The summed E-state index contributed by atoms with van der Waals surface area (Å²) in [6.45, 7) is 0.283. The molecule has 128 valence electrons. The number of halogens is 2. The van der Waals surface area contributed by atoms with Crippen LogP contribution in [0.15, 0.2) is 22.7 Å². The zero-order chi connectivity index (χ0) is 17.1. The van der Waals surface area contributed by atoms with Crippen molar-refractivity contribution in [3.8, 4) is 11.4 Å². The maximum Gasteiger partial charge on any atom is 0.240 e. The average Bonchev–Trinajstić information content (AvgIpc) is 3.04. The van der Waals surface area contributed by atoms with Crippen molar-refractivity contribution in [2.45, 2.75) is 38.3 Å². The third-order valence-electron chi connectivity index (χ3n) is 4.29. The molecule has 2 aromatic rings. The average molecular weight is 336 g/mol. The van der Waals surface area contributed by atoms with Gasteiger partial charge in [-0.3, -0.25) is 4.79 Å². The van der Waals surface area contributed by atoms with E-state index in [0.717, 1.165) is 37.8 Å². The summed E-state index contributed by atoms with van der Waals surface area (Å²) >= 11 is 0. The zero-order valence-electron chi connectivity index (χ0n) is 13.0. The number of carbonyl (C=O) groups excluding carboxylic acids is 1. The van der Waals surface area contributed by atoms with Gasteiger partial charge in [-0.2, -0.15) is 4.98 Å². The number of nitrogens with two attached hydrogens (primary N) is 1. The number of aromatic nitrogens is 2. The van der Waals surface area contributed by atoms with Crippen LogP contribution in [-0.2, 0) is 11.3 Å². The molecule has 1 saturated carbocycles. The lowest BCUT2D eigenvalue weighted by molar-refractivity contribution is -0.123. The van der Waals surface area contributed by atoms with Crippen LogP contribution in [0.4, 0.5) is 8.78 Å². The number of hydrogen-bond acceptors (Lipinski definition) is 5. The van der Waals surface area contributed by atoms with E-state index in [1.54, 1.807) is 0 Å². The van der Waals surface area contributed by atoms with E-state index in [1.165, 1.54) is 6.07 Å². The molecule has 24 heavy (non-hydrogen) atoms. The number of nitrogens with one attached hydrogen (secondary N) is 1. The molecule has 0 aliphatic heterocycles. The normalized spacial score (nSPS) is 20.9. The number of rotatable bonds is 5. The van der Waals surface area contributed by atoms with Gasteiger partial charge in [0.15, 0.2) is 11.6 Å². The van der Waals surface area contributed by atoms with E-state index in [1.807, 2.05) is 0 Å². The monoisotopic (exact) mass is 336 g/mol. The highest BCUT2D eigenvalue weighted by atomic mass is 19.2. The standard InChI is InChI=1S/C16H18F2N4O2/c17-11-6-5-9(7-12(11)18)16-21-14(24-22-16)8-20-13-4-2-1-3-10(13)15(19)23/h5-7,10,13,20H,1-4,8H2,(H2,19,23)/t10-,13-/m1/s1. The Balaban J connectivity index is 1.65. The van der Waals surface area contributed by atoms with E-state index >= 15 is 0 Å². The third-order valence-corrected chi connectivity index (χ3v) is 4.29. The molecule has 6 nitrogen and oxygen atoms in total. The highest BCUT2D eigenvalue weighted by Crippen LogP contribution is 2.24. The number of amides is 1. The molecule has 0 radical (unpaired) electrons. The molecule has 1 aliphatic carbocycles. The molecule has 0 unspecified atom stereocenters. The first kappa shape index (κ1) is 16.5. The van der Waals surface area contributed by atoms with Crippen LogP contribution in [0.5, 0.6) is 0 Å². The lowest BCUT2D eigenvalue weighted by atomic mass is 9.84. The van der Waals surface area contributed by atoms with E-state index in [9.17, 15) is 13.6 Å². The Hall–Kier alpha value is -2.35. The van der Waals surface area contributed by atoms with Gasteiger partial charge in [-0.1, -0.05) is 18.0 Å². The minimum absolute atomic E-state index is 0.0186. The topological polar surface area (TPSA) is 94.0 Å². The van der Waals surface area contributed by atoms with Gasteiger partial charge in [-0.15, -0.1) is 0 Å². The van der Waals surface area contributed by atoms with Gasteiger partial charge in [0.2, 0.25) is 17.6 Å². The summed E-state index contributed by atoms with van der Waals surface area (Å²) < 4.78 is 31.3. The van der Waals surface area contributed by atoms with Gasteiger partial charge in [0, 0.05) is 11.6 Å². The second-order valence-corrected chi connectivity index (χ2v) is 5.92. The maximum atomic E-state index is 13.3. The lowest BCUT2D eigenvalue weighted by Crippen LogP contribution is -2.44. The molecule has 0 spiro atoms. The molecular formula is C16H18F2N4O2. The summed E-state index contributed by atoms with van der Waals surface area (Å²) in [7, 11) is 0. The Labute approximate surface area is 137 Å². The van der Waals surface area contributed by atoms with Crippen molar-refractivity contribution in [3.05, 3.63) is 35.7 Å². The smallest absolute Gasteiger partial charge is 0.240 e. The van der Waals surface area contributed by atoms with Gasteiger partial charge >= 0.3 is 0 Å². The van der Waals surface area contributed by atoms with Gasteiger partial charge in [0.25, 0.3) is 0 Å². The number of carbonyl (C=O) groups is 1. The molecule has 1 amide bonds. The Morgan fingerprint density at radius 3 is 2.83 bits per heavy atom. The number of primary amides is 1. The second-order valence-electron chi connectivity index (χ2n) is 5.92. The van der Waals surface area contributed by atoms with Crippen LogP contribution in [0.2, 0.25) is 0 Å². The number of nitrogens with zero attached hydrogens (tertiary/aromatic N) is 2. The van der Waals surface area contributed by atoms with Crippen LogP contribution < -0.4 is 11.1 Å². The van der Waals surface area contributed by atoms with Gasteiger partial charge in [-0.25, -0.2) is 8.78 Å². The minimum Gasteiger partial charge on any atom is -0.369 e. The van der Waals surface area contributed by atoms with Crippen LogP contribution >= 0.6 is 0 Å². The van der Waals surface area contributed by atoms with Crippen LogP contribution in [0, 0.1) is 17.6 Å². The Kier molecular flexibility index (Phi) is 4.84. The summed E-state index contributed by atoms with van der Waals surface area (Å²) in [6, 6.07) is 3.39. The van der Waals surface area contributed by atoms with Crippen molar-refractivity contribution >= 4 is 5.91 Å². The predicted octanol–water partition coefficient (Wildman–Crippen LogP) is 2.15. The summed E-state index contributed by atoms with van der Waals surface area (Å²) in [5, 5.41) is 6.99. The van der Waals surface area contributed by atoms with E-state index < -0.39 is 11.6 Å². The van der Waals surface area contributed by atoms with Gasteiger partial charge < -0.3 is 15.6 Å². The molecule has 0 bridgehead atoms. The first-order chi connectivity index (χ1) is 11.5. The van der Waals surface area contributed by atoms with E-state index in [0.29, 0.717) is 11.5 Å². The van der Waals surface area contributed by atoms with Gasteiger partial charge in [-0.05, 0) is 31.0 Å². The predicted molar refractivity (Wildman–Crippen MR) is 81.4 cm³/mol. The molecule has 1 aromatic carbocycles. The van der Waals surface area contributed by atoms with Crippen molar-refractivity contribution < 1.29 is 18.1 Å². The van der Waals surface area contributed by atoms with Crippen molar-refractivity contribution in [1.82, 2.24) is 15.5 Å². The molecule has 1 aromatic heterocycles. The first-order valence-corrected chi connectivity index (χ1v) is 7.85. The highest BCUT2D eigenvalue weighted by Gasteiger charge is 2.29. The summed E-state index contributed by atoms with van der Waals surface area (Å²) in [6.07, 6.45) is 3.66. The van der Waals surface area contributed by atoms with Gasteiger partial charge in [0.05, 0.1) is 12.5 Å². The fraction of sp³-hybridized carbons (Fsp3) is 0.438. The molecule has 1 aliphatic rings. The van der Waals surface area contributed by atoms with Crippen molar-refractivity contribution in [3.63, 3.8) is 0 Å². The van der Waals surface area contributed by atoms with Crippen LogP contribution in [0.1, 0.15) is 31.6 Å². The molecule has 3 rings (SSSR count). The second kappa shape index (κ2) is 7.04. The van der Waals surface area contributed by atoms with E-state index in [2.05, 4.69) is 15.5 Å². The van der Waals surface area contributed by atoms with Crippen molar-refractivity contribution in [2.24, 2.45) is 11.7 Å². The number of hydrogen-bond donors (Lipinski definition) is 2. The zero-order valence-corrected chi connectivity index (χ0v) is 13.0. The largest absolute Gasteiger partial charge is 0.369 e. The lowest BCUT2D eigenvalue weighted by Gasteiger charge is -2.29. The minimum atomic E-state index is -0.969. The molecule has 1 fully saturated rings. The van der Waals surface area contributed by atoms with Crippen LogP contribution in [-0.4, -0.2) is 22.1 Å². The molecular weight excluding hydrogens is 318 g/mol. The first-order valence-electron chi connectivity index (χ1n) is 7.85. The number of benzene rings is 1.